The summed E-state index contributed by atoms with van der Waals surface area (Å²) in [6.45, 7) is 11.4. The maximum atomic E-state index is 12.0. The molecule has 18 heavy (non-hydrogen) atoms. The second-order valence-corrected chi connectivity index (χ2v) is 6.30. The van der Waals surface area contributed by atoms with Gasteiger partial charge in [0.05, 0.1) is 12.1 Å². The summed E-state index contributed by atoms with van der Waals surface area (Å²) in [5.41, 5.74) is -0.906. The predicted molar refractivity (Wildman–Crippen MR) is 70.5 cm³/mol. The summed E-state index contributed by atoms with van der Waals surface area (Å²) in [6.07, 6.45) is -0.303. The van der Waals surface area contributed by atoms with E-state index in [4.69, 9.17) is 4.74 Å². The zero-order chi connectivity index (χ0) is 14.0. The Kier molecular flexibility index (Phi) is 4.61. The maximum Gasteiger partial charge on any atom is 0.410 e. The van der Waals surface area contributed by atoms with Crippen molar-refractivity contribution in [2.24, 2.45) is 5.92 Å². The number of amides is 1. The number of ether oxygens (including phenoxy) is 1. The van der Waals surface area contributed by atoms with Crippen LogP contribution in [-0.4, -0.2) is 53.5 Å². The third-order valence-corrected chi connectivity index (χ3v) is 3.37. The average Bonchev–Trinajstić information content (AvgIpc) is 2.26. The first-order valence-corrected chi connectivity index (χ1v) is 6.54. The van der Waals surface area contributed by atoms with Crippen molar-refractivity contribution in [2.75, 3.05) is 26.2 Å². The number of carbonyl (C=O) groups is 1. The summed E-state index contributed by atoms with van der Waals surface area (Å²) in [7, 11) is 0. The van der Waals surface area contributed by atoms with Crippen molar-refractivity contribution in [1.82, 2.24) is 10.2 Å². The van der Waals surface area contributed by atoms with Gasteiger partial charge in [0.2, 0.25) is 0 Å². The van der Waals surface area contributed by atoms with Gasteiger partial charge in [0.25, 0.3) is 0 Å². The molecule has 0 radical (unpaired) electrons. The molecule has 1 heterocycles. The molecule has 5 nitrogen and oxygen atoms in total. The highest BCUT2D eigenvalue weighted by atomic mass is 16.6. The second kappa shape index (κ2) is 5.45. The normalized spacial score (nSPS) is 25.4. The zero-order valence-electron chi connectivity index (χ0n) is 12.1. The van der Waals surface area contributed by atoms with Gasteiger partial charge >= 0.3 is 6.09 Å². The van der Waals surface area contributed by atoms with E-state index in [0.29, 0.717) is 19.6 Å². The van der Waals surface area contributed by atoms with Crippen LogP contribution in [0, 0.1) is 5.92 Å². The fraction of sp³-hybridized carbons (Fsp3) is 0.923. The van der Waals surface area contributed by atoms with Crippen LogP contribution < -0.4 is 5.32 Å². The summed E-state index contributed by atoms with van der Waals surface area (Å²) in [5.74, 6) is 0.243. The minimum atomic E-state index is -0.484. The Balaban J connectivity index is 2.72. The molecular formula is C13H26N2O3. The molecule has 0 spiro atoms. The van der Waals surface area contributed by atoms with Gasteiger partial charge in [0.1, 0.15) is 5.60 Å². The molecule has 106 valence electrons. The van der Waals surface area contributed by atoms with Gasteiger partial charge in [-0.1, -0.05) is 13.8 Å². The van der Waals surface area contributed by atoms with Gasteiger partial charge in [0.15, 0.2) is 0 Å². The molecule has 5 heteroatoms. The number of piperazine rings is 1. The predicted octanol–water partition coefficient (Wildman–Crippen LogP) is 1.21. The van der Waals surface area contributed by atoms with Crippen LogP contribution in [0.3, 0.4) is 0 Å². The number of hydrogen-bond donors (Lipinski definition) is 2. The van der Waals surface area contributed by atoms with Crippen molar-refractivity contribution < 1.29 is 14.6 Å². The van der Waals surface area contributed by atoms with E-state index in [0.717, 1.165) is 0 Å². The molecule has 1 aliphatic heterocycles. The van der Waals surface area contributed by atoms with Gasteiger partial charge in [0, 0.05) is 19.6 Å². The summed E-state index contributed by atoms with van der Waals surface area (Å²) in [6, 6.07) is 0. The quantitative estimate of drug-likeness (QED) is 0.781. The van der Waals surface area contributed by atoms with Crippen molar-refractivity contribution >= 4 is 6.09 Å². The van der Waals surface area contributed by atoms with Gasteiger partial charge < -0.3 is 20.1 Å². The molecule has 2 N–H and O–H groups in total. The van der Waals surface area contributed by atoms with Crippen LogP contribution in [0.25, 0.3) is 0 Å². The minimum absolute atomic E-state index is 0.0178. The van der Waals surface area contributed by atoms with Crippen molar-refractivity contribution in [1.29, 1.82) is 0 Å². The Morgan fingerprint density at radius 3 is 2.56 bits per heavy atom. The summed E-state index contributed by atoms with van der Waals surface area (Å²) in [4.78, 5) is 13.7. The monoisotopic (exact) mass is 258 g/mol. The molecule has 0 aromatic rings. The molecule has 0 saturated carbocycles. The van der Waals surface area contributed by atoms with Gasteiger partial charge in [-0.3, -0.25) is 0 Å². The standard InChI is InChI=1S/C13H26N2O3/c1-10(2)13(9-16)8-15(7-6-14-13)11(17)18-12(3,4)5/h10,14,16H,6-9H2,1-5H3. The van der Waals surface area contributed by atoms with Gasteiger partial charge in [-0.15, -0.1) is 0 Å². The fourth-order valence-corrected chi connectivity index (χ4v) is 2.07. The molecule has 1 unspecified atom stereocenters. The number of hydrogen-bond acceptors (Lipinski definition) is 4. The van der Waals surface area contributed by atoms with E-state index in [1.54, 1.807) is 4.90 Å². The molecular weight excluding hydrogens is 232 g/mol. The van der Waals surface area contributed by atoms with Crippen LogP contribution in [0.5, 0.6) is 0 Å². The third-order valence-electron chi connectivity index (χ3n) is 3.37. The zero-order valence-corrected chi connectivity index (χ0v) is 12.1. The van der Waals surface area contributed by atoms with Crippen molar-refractivity contribution in [3.63, 3.8) is 0 Å². The maximum absolute atomic E-state index is 12.0. The highest BCUT2D eigenvalue weighted by molar-refractivity contribution is 5.68. The first-order chi connectivity index (χ1) is 8.20. The second-order valence-electron chi connectivity index (χ2n) is 6.30. The molecule has 1 saturated heterocycles. The molecule has 1 rings (SSSR count). The molecule has 1 aliphatic rings. The molecule has 1 fully saturated rings. The molecule has 1 atom stereocenters. The Morgan fingerprint density at radius 1 is 1.50 bits per heavy atom. The van der Waals surface area contributed by atoms with E-state index in [1.807, 2.05) is 34.6 Å². The molecule has 0 aromatic carbocycles. The number of aliphatic hydroxyl groups excluding tert-OH is 1. The van der Waals surface area contributed by atoms with E-state index >= 15 is 0 Å². The summed E-state index contributed by atoms with van der Waals surface area (Å²) < 4.78 is 5.37. The molecule has 0 aromatic heterocycles. The van der Waals surface area contributed by atoms with Gasteiger partial charge in [-0.25, -0.2) is 4.79 Å². The van der Waals surface area contributed by atoms with Crippen LogP contribution in [0.2, 0.25) is 0 Å². The largest absolute Gasteiger partial charge is 0.444 e. The van der Waals surface area contributed by atoms with E-state index < -0.39 is 11.1 Å². The first-order valence-electron chi connectivity index (χ1n) is 6.54. The van der Waals surface area contributed by atoms with Crippen molar-refractivity contribution in [2.45, 2.75) is 45.8 Å². The lowest BCUT2D eigenvalue weighted by molar-refractivity contribution is -0.00254. The highest BCUT2D eigenvalue weighted by Gasteiger charge is 2.40. The number of nitrogens with zero attached hydrogens (tertiary/aromatic N) is 1. The Labute approximate surface area is 109 Å². The molecule has 0 aliphatic carbocycles. The molecule has 1 amide bonds. The van der Waals surface area contributed by atoms with E-state index in [1.165, 1.54) is 0 Å². The highest BCUT2D eigenvalue weighted by Crippen LogP contribution is 2.22. The Morgan fingerprint density at radius 2 is 2.11 bits per heavy atom. The van der Waals surface area contributed by atoms with Crippen LogP contribution >= 0.6 is 0 Å². The van der Waals surface area contributed by atoms with Gasteiger partial charge in [-0.05, 0) is 26.7 Å². The lowest BCUT2D eigenvalue weighted by atomic mass is 9.85. The smallest absolute Gasteiger partial charge is 0.410 e. The topological polar surface area (TPSA) is 61.8 Å². The Hall–Kier alpha value is -0.810. The lowest BCUT2D eigenvalue weighted by Gasteiger charge is -2.45. The third kappa shape index (κ3) is 3.59. The number of carbonyl (C=O) groups excluding carboxylic acids is 1. The van der Waals surface area contributed by atoms with E-state index in [2.05, 4.69) is 5.32 Å². The number of nitrogens with one attached hydrogen (secondary N) is 1. The fourth-order valence-electron chi connectivity index (χ4n) is 2.07. The molecule has 0 bridgehead atoms. The van der Waals surface area contributed by atoms with Crippen LogP contribution in [-0.2, 0) is 4.74 Å². The lowest BCUT2D eigenvalue weighted by Crippen LogP contribution is -2.66. The summed E-state index contributed by atoms with van der Waals surface area (Å²) in [5, 5.41) is 12.9. The number of aliphatic hydroxyl groups is 1. The minimum Gasteiger partial charge on any atom is -0.444 e. The first kappa shape index (κ1) is 15.2. The SMILES string of the molecule is CC(C)C1(CO)CN(C(=O)OC(C)(C)C)CCN1. The van der Waals surface area contributed by atoms with E-state index in [9.17, 15) is 9.90 Å². The number of rotatable bonds is 2. The van der Waals surface area contributed by atoms with Crippen molar-refractivity contribution in [3.05, 3.63) is 0 Å². The Bertz CT molecular complexity index is 299. The van der Waals surface area contributed by atoms with Gasteiger partial charge in [-0.2, -0.15) is 0 Å². The van der Waals surface area contributed by atoms with Crippen LogP contribution in [0.4, 0.5) is 4.79 Å². The van der Waals surface area contributed by atoms with Crippen molar-refractivity contribution in [3.8, 4) is 0 Å². The summed E-state index contributed by atoms with van der Waals surface area (Å²) >= 11 is 0. The van der Waals surface area contributed by atoms with Crippen LogP contribution in [0.1, 0.15) is 34.6 Å². The van der Waals surface area contributed by atoms with E-state index in [-0.39, 0.29) is 18.6 Å². The van der Waals surface area contributed by atoms with Crippen LogP contribution in [0.15, 0.2) is 0 Å². The average molecular weight is 258 g/mol.